The first-order chi connectivity index (χ1) is 69.0. The Morgan fingerprint density at radius 1 is 0.434 bits per heavy atom. The van der Waals surface area contributed by atoms with E-state index in [1.165, 1.54) is 57.0 Å². The van der Waals surface area contributed by atoms with Crippen LogP contribution in [-0.4, -0.2) is 214 Å². The van der Waals surface area contributed by atoms with E-state index in [2.05, 4.69) is 83.1 Å². The van der Waals surface area contributed by atoms with Crippen molar-refractivity contribution in [3.8, 4) is 28.7 Å². The molecule has 11 heterocycles. The topological polar surface area (TPSA) is 313 Å². The smallest absolute Gasteiger partial charge is 0.416 e. The van der Waals surface area contributed by atoms with E-state index in [-0.39, 0.29) is 43.5 Å². The molecule has 0 saturated carbocycles. The Balaban J connectivity index is 0.000000126. The predicted molar refractivity (Wildman–Crippen MR) is 558 cm³/mol. The third-order valence-electron chi connectivity index (χ3n) is 26.7. The fourth-order valence-electron chi connectivity index (χ4n) is 20.2. The summed E-state index contributed by atoms with van der Waals surface area (Å²) in [6.07, 6.45) is 9.45. The number of amides is 4. The largest absolute Gasteiger partial charge is 0.493 e. The van der Waals surface area contributed by atoms with Crippen LogP contribution in [0.15, 0.2) is 231 Å². The van der Waals surface area contributed by atoms with Crippen LogP contribution in [0.25, 0.3) is 43.6 Å². The van der Waals surface area contributed by atoms with Crippen LogP contribution in [0.5, 0.6) is 28.7 Å². The van der Waals surface area contributed by atoms with E-state index >= 15 is 0 Å². The Bertz CT molecular complexity index is 7160. The number of fused-ring (bicyclic) bond motifs is 12. The van der Waals surface area contributed by atoms with Gasteiger partial charge in [0.15, 0.2) is 0 Å². The summed E-state index contributed by atoms with van der Waals surface area (Å²) in [5, 5.41) is 26.0. The molecule has 21 rings (SSSR count). The van der Waals surface area contributed by atoms with Gasteiger partial charge in [0.2, 0.25) is 10.0 Å². The molecular formula is C108H110Cl6N14O14S. The first-order valence-corrected chi connectivity index (χ1v) is 51.9. The van der Waals surface area contributed by atoms with E-state index in [1.54, 1.807) is 105 Å². The summed E-state index contributed by atoms with van der Waals surface area (Å²) in [6.45, 7) is 12.1. The van der Waals surface area contributed by atoms with Crippen molar-refractivity contribution in [3.63, 3.8) is 0 Å². The van der Waals surface area contributed by atoms with Crippen LogP contribution in [0.4, 0.5) is 24.9 Å². The number of aromatic nitrogens is 7. The number of halogens is 6. The molecule has 35 heteroatoms. The first-order valence-electron chi connectivity index (χ1n) is 47.7. The summed E-state index contributed by atoms with van der Waals surface area (Å²) in [6, 6.07) is 65.7. The number of ether oxygens (including phenoxy) is 7. The molecule has 7 atom stereocenters. The molecule has 0 spiro atoms. The molecular weight excluding hydrogens is 1960 g/mol. The molecule has 15 aromatic rings. The summed E-state index contributed by atoms with van der Waals surface area (Å²) >= 11 is 37.1. The maximum atomic E-state index is 13.5. The van der Waals surface area contributed by atoms with Gasteiger partial charge in [0.1, 0.15) is 65.6 Å². The van der Waals surface area contributed by atoms with Crippen molar-refractivity contribution in [2.24, 2.45) is 11.8 Å². The third-order valence-corrected chi connectivity index (χ3v) is 28.7. The Kier molecular flexibility index (Phi) is 31.4. The average Bonchev–Trinajstić information content (AvgIpc) is 1.62. The average molecular weight is 2070 g/mol. The van der Waals surface area contributed by atoms with Crippen molar-refractivity contribution in [1.29, 1.82) is 0 Å². The summed E-state index contributed by atoms with van der Waals surface area (Å²) < 4.78 is 67.4. The van der Waals surface area contributed by atoms with Crippen molar-refractivity contribution in [2.75, 3.05) is 104 Å². The number of carbonyl (C=O) groups excluding carboxylic acids is 4. The van der Waals surface area contributed by atoms with Crippen LogP contribution in [0.2, 0.25) is 30.1 Å². The molecule has 6 aliphatic heterocycles. The number of carbonyl (C=O) groups is 4. The molecule has 7 unspecified atom stereocenters. The zero-order chi connectivity index (χ0) is 99.9. The number of aromatic amines is 4. The number of hydrogen-bond acceptors (Lipinski definition) is 18. The highest BCUT2D eigenvalue weighted by Crippen LogP contribution is 2.47. The fourth-order valence-corrected chi connectivity index (χ4v) is 21.7. The van der Waals surface area contributed by atoms with E-state index in [9.17, 15) is 32.7 Å². The van der Waals surface area contributed by atoms with E-state index in [1.807, 2.05) is 140 Å². The lowest BCUT2D eigenvalue weighted by Gasteiger charge is -2.36. The normalized spacial score (nSPS) is 18.1. The van der Waals surface area contributed by atoms with Gasteiger partial charge in [-0.05, 0) is 307 Å². The minimum Gasteiger partial charge on any atom is -0.493 e. The van der Waals surface area contributed by atoms with Crippen LogP contribution in [0, 0.1) is 11.8 Å². The third kappa shape index (κ3) is 23.9. The molecule has 5 aromatic heterocycles. The van der Waals surface area contributed by atoms with Crippen LogP contribution in [-0.2, 0) is 51.7 Å². The van der Waals surface area contributed by atoms with Crippen LogP contribution >= 0.6 is 69.6 Å². The highest BCUT2D eigenvalue weighted by Gasteiger charge is 2.42. The molecule has 0 radical (unpaired) electrons. The van der Waals surface area contributed by atoms with Gasteiger partial charge in [-0.25, -0.2) is 32.3 Å². The van der Waals surface area contributed by atoms with E-state index < -0.39 is 40.4 Å². The quantitative estimate of drug-likeness (QED) is 0.0413. The number of hydrogen-bond donors (Lipinski definition) is 6. The lowest BCUT2D eigenvalue weighted by Crippen LogP contribution is -2.42. The van der Waals surface area contributed by atoms with Gasteiger partial charge >= 0.3 is 24.4 Å². The van der Waals surface area contributed by atoms with Crippen molar-refractivity contribution in [1.82, 2.24) is 64.3 Å². The fraction of sp³-hybridized carbons (Fsp3) is 0.315. The second-order valence-electron chi connectivity index (χ2n) is 37.2. The van der Waals surface area contributed by atoms with Gasteiger partial charge in [-0.2, -0.15) is 0 Å². The Morgan fingerprint density at radius 3 is 1.09 bits per heavy atom. The number of likely N-dealkylation sites (tertiary alicyclic amines) is 2. The Morgan fingerprint density at radius 2 is 0.762 bits per heavy atom. The molecule has 0 bridgehead atoms. The highest BCUT2D eigenvalue weighted by molar-refractivity contribution is 7.92. The number of piperidine rings is 2. The molecule has 10 aromatic carbocycles. The number of nitrogens with zero attached hydrogens (tertiary/aromatic N) is 9. The van der Waals surface area contributed by atoms with E-state index in [0.29, 0.717) is 104 Å². The number of methoxy groups -OCH3 is 1. The second kappa shape index (κ2) is 44.7. The van der Waals surface area contributed by atoms with Gasteiger partial charge in [0.25, 0.3) is 0 Å². The molecule has 744 valence electrons. The summed E-state index contributed by atoms with van der Waals surface area (Å²) in [5.74, 6) is 4.24. The van der Waals surface area contributed by atoms with Gasteiger partial charge in [-0.1, -0.05) is 123 Å². The number of nitrogens with one attached hydrogen (secondary N) is 5. The molecule has 6 aliphatic rings. The van der Waals surface area contributed by atoms with Gasteiger partial charge in [0, 0.05) is 160 Å². The maximum Gasteiger partial charge on any atom is 0.416 e. The zero-order valence-corrected chi connectivity index (χ0v) is 85.0. The van der Waals surface area contributed by atoms with E-state index in [4.69, 9.17) is 103 Å². The van der Waals surface area contributed by atoms with Crippen molar-refractivity contribution in [3.05, 3.63) is 328 Å². The lowest BCUT2D eigenvalue weighted by atomic mass is 9.92. The first kappa shape index (κ1) is 100. The second-order valence-corrected chi connectivity index (χ2v) is 41.6. The van der Waals surface area contributed by atoms with Gasteiger partial charge in [-0.3, -0.25) is 24.3 Å². The van der Waals surface area contributed by atoms with Crippen LogP contribution in [0.1, 0.15) is 131 Å². The molecule has 4 amide bonds. The summed E-state index contributed by atoms with van der Waals surface area (Å²) in [5.41, 5.74) is 16.5. The SMILES string of the molecule is CC(C)OC(=O)N1CCc2c([nH]c3ccc(Cl)cc23)C1c1ccc(OCC2CCCN(C)C2)cc1.COC(=O)N1CCc2c([nH]c3ccc(Cl)cc23)C1c1ccc(OCC2CCCN(C)C2)cc1.CS(=O)(=O)Nc1ccc(C2c3[nH]c4ccc(Cl)cc4c3CCN2C(=O)Oc2ccc(Cl)cc2)cc1.O=C(Oc1ccc(Cl)cc1)N1CCc2c([nH]c3ccc(Cl)cc23)C1c1ccc(OCC(O)Cn2ccnn2)cc1. The number of aliphatic hydroxyl groups excluding tert-OH is 1. The maximum absolute atomic E-state index is 13.5. The van der Waals surface area contributed by atoms with Crippen molar-refractivity contribution < 1.29 is 65.9 Å². The van der Waals surface area contributed by atoms with E-state index in [0.717, 1.165) is 157 Å². The number of benzene rings is 10. The monoisotopic (exact) mass is 2070 g/mol. The standard InChI is InChI=1S/C29H25Cl2N5O4.C28H34ClN3O3.C26H30ClN3O3.C25H21Cl2N3O4S/c30-19-3-8-23(9-4-19)40-29(38)36-13-11-24-25-15-20(31)5-10-26(25)33-27(24)28(36)18-1-6-22(7-2-18)39-17-21(37)16-35-14-12-32-34-35;1-18(2)35-28(33)32-14-12-23-24-15-21(29)8-11-25(24)30-26(23)27(32)20-6-9-22(10-7-20)34-17-19-5-4-13-31(3)16-19;1-29-12-3-4-17(15-29)16-33-20-8-5-18(6-9-20)25-24-21(11-13-30(25)26(31)32-2)22-14-19(27)7-10-23(22)28-24;1-35(32,33)29-18-7-2-15(3-8-18)24-23-20(21-14-17(27)6-11-22(21)28-23)12-13-30(24)25(31)34-19-9-4-16(26)5-10-19/h1-10,12,14-15,21,28,33,37H,11,13,16-17H2;6-11,15,18-19,27,30H,4-5,12-14,16-17H2,1-3H3;5-10,14,17,25,28H,3-4,11-13,15-16H2,1-2H3;2-11,14,24,28-29H,12-13H2,1H3. The van der Waals surface area contributed by atoms with Gasteiger partial charge in [-0.15, -0.1) is 5.10 Å². The molecule has 2 fully saturated rings. The minimum atomic E-state index is -3.41. The number of anilines is 1. The van der Waals surface area contributed by atoms with Gasteiger partial charge < -0.3 is 68.0 Å². The van der Waals surface area contributed by atoms with Crippen LogP contribution < -0.4 is 28.4 Å². The number of H-pyrrole nitrogens is 4. The Labute approximate surface area is 858 Å². The van der Waals surface area contributed by atoms with Crippen molar-refractivity contribution in [2.45, 2.75) is 108 Å². The number of rotatable bonds is 20. The van der Waals surface area contributed by atoms with Crippen molar-refractivity contribution >= 4 is 153 Å². The molecule has 0 aliphatic carbocycles. The van der Waals surface area contributed by atoms with Gasteiger partial charge in [0.05, 0.1) is 45.4 Å². The zero-order valence-electron chi connectivity index (χ0n) is 79.7. The predicted octanol–water partition coefficient (Wildman–Crippen LogP) is 22.9. The highest BCUT2D eigenvalue weighted by atomic mass is 35.5. The van der Waals surface area contributed by atoms with Crippen LogP contribution in [0.3, 0.4) is 0 Å². The summed E-state index contributed by atoms with van der Waals surface area (Å²) in [4.78, 5) is 78.3. The summed E-state index contributed by atoms with van der Waals surface area (Å²) in [7, 11) is 2.37. The molecule has 28 nitrogen and oxygen atoms in total. The molecule has 6 N–H and O–H groups in total. The number of aliphatic hydroxyl groups is 1. The molecule has 2 saturated heterocycles. The minimum absolute atomic E-state index is 0.0924. The molecule has 143 heavy (non-hydrogen) atoms. The Hall–Kier alpha value is -12.7. The lowest BCUT2D eigenvalue weighted by molar-refractivity contribution is 0.0655. The number of sulfonamides is 1.